The van der Waals surface area contributed by atoms with Gasteiger partial charge in [-0.25, -0.2) is 4.39 Å². The van der Waals surface area contributed by atoms with Crippen molar-refractivity contribution in [1.29, 1.82) is 0 Å². The Morgan fingerprint density at radius 3 is 2.57 bits per heavy atom. The summed E-state index contributed by atoms with van der Waals surface area (Å²) in [7, 11) is 4.04. The Morgan fingerprint density at radius 2 is 1.81 bits per heavy atom. The quantitative estimate of drug-likeness (QED) is 0.384. The van der Waals surface area contributed by atoms with Crippen molar-refractivity contribution in [2.75, 3.05) is 0 Å². The molecule has 0 fully saturated rings. The van der Waals surface area contributed by atoms with Gasteiger partial charge >= 0.3 is 0 Å². The maximum atomic E-state index is 13.6. The van der Waals surface area contributed by atoms with Crippen molar-refractivity contribution < 1.29 is 29.1 Å². The van der Waals surface area contributed by atoms with E-state index in [2.05, 4.69) is 20.0 Å². The van der Waals surface area contributed by atoms with E-state index in [0.29, 0.717) is 11.1 Å². The molecule has 109 valence electrons. The molecular weight excluding hydrogens is 441 g/mol. The van der Waals surface area contributed by atoms with Crippen LogP contribution in [0.15, 0.2) is 48.7 Å². The van der Waals surface area contributed by atoms with E-state index in [1.54, 1.807) is 6.92 Å². The molecule has 1 heterocycles. The summed E-state index contributed by atoms with van der Waals surface area (Å²) in [5, 5.41) is 2.21. The Balaban J connectivity index is 0.00000161. The molecule has 3 heteroatoms. The molecule has 0 atom stereocenters. The average molecular weight is 457 g/mol. The number of hydrogen-bond acceptors (Lipinski definition) is 0. The number of benzene rings is 2. The number of rotatable bonds is 1. The zero-order valence-electron chi connectivity index (χ0n) is 11.7. The molecule has 0 saturated heterocycles. The van der Waals surface area contributed by atoms with Crippen LogP contribution in [0, 0.1) is 26.7 Å². The third-order valence-electron chi connectivity index (χ3n) is 3.58. The van der Waals surface area contributed by atoms with Crippen molar-refractivity contribution in [3.05, 3.63) is 79.6 Å². The molecule has 0 aliphatic carbocycles. The second-order valence-electron chi connectivity index (χ2n) is 4.98. The van der Waals surface area contributed by atoms with Gasteiger partial charge in [0.2, 0.25) is 0 Å². The normalized spacial score (nSPS) is 10.4. The van der Waals surface area contributed by atoms with E-state index in [-0.39, 0.29) is 25.9 Å². The van der Waals surface area contributed by atoms with E-state index in [1.807, 2.05) is 41.1 Å². The van der Waals surface area contributed by atoms with Gasteiger partial charge < -0.3 is 4.57 Å². The van der Waals surface area contributed by atoms with Crippen molar-refractivity contribution in [3.8, 4) is 11.3 Å². The minimum Gasteiger partial charge on any atom is -0.343 e. The Morgan fingerprint density at radius 1 is 1.10 bits per heavy atom. The molecule has 3 rings (SSSR count). The Labute approximate surface area is 137 Å². The first-order chi connectivity index (χ1) is 9.58. The molecule has 0 unspecified atom stereocenters. The SMILES string of the molecule is [CH2-]c1cc(F)c(C)cc1-c1c2ccccc2cc[n+]1[CH2-].[Ir]. The fraction of sp³-hybridized carbons (Fsp3) is 0.0556. The van der Waals surface area contributed by atoms with Gasteiger partial charge in [-0.3, -0.25) is 0 Å². The molecule has 0 aliphatic rings. The number of nitrogens with zero attached hydrogens (tertiary/aromatic N) is 1. The van der Waals surface area contributed by atoms with Crippen molar-refractivity contribution in [2.24, 2.45) is 0 Å². The van der Waals surface area contributed by atoms with Crippen LogP contribution in [0.1, 0.15) is 11.1 Å². The number of hydrogen-bond donors (Lipinski definition) is 0. The van der Waals surface area contributed by atoms with Gasteiger partial charge in [0.25, 0.3) is 0 Å². The van der Waals surface area contributed by atoms with Gasteiger partial charge in [0, 0.05) is 27.2 Å². The van der Waals surface area contributed by atoms with Crippen LogP contribution in [0.2, 0.25) is 0 Å². The van der Waals surface area contributed by atoms with Gasteiger partial charge in [0.05, 0.1) is 17.7 Å². The second kappa shape index (κ2) is 5.88. The van der Waals surface area contributed by atoms with Crippen LogP contribution in [-0.4, -0.2) is 0 Å². The summed E-state index contributed by atoms with van der Waals surface area (Å²) in [6.07, 6.45) is 1.91. The van der Waals surface area contributed by atoms with E-state index in [9.17, 15) is 4.39 Å². The third kappa shape index (κ3) is 2.67. The summed E-state index contributed by atoms with van der Waals surface area (Å²) in [4.78, 5) is 0. The third-order valence-corrected chi connectivity index (χ3v) is 3.58. The van der Waals surface area contributed by atoms with Crippen LogP contribution in [0.25, 0.3) is 22.0 Å². The van der Waals surface area contributed by atoms with Gasteiger partial charge in [-0.05, 0) is 29.3 Å². The fourth-order valence-electron chi connectivity index (χ4n) is 2.50. The molecule has 0 amide bonds. The molecule has 1 nitrogen and oxygen atoms in total. The predicted molar refractivity (Wildman–Crippen MR) is 79.5 cm³/mol. The molecule has 1 radical (unpaired) electrons. The standard InChI is InChI=1S/C18H15FN.Ir/c1-12-11-17(19)13(2)10-16(12)18-15-7-5-4-6-14(15)8-9-20(18)3;/h4-11H,1,3H2,2H3;/q-1;. The summed E-state index contributed by atoms with van der Waals surface area (Å²) in [6, 6.07) is 13.4. The molecule has 0 aliphatic heterocycles. The number of pyridine rings is 1. The van der Waals surface area contributed by atoms with Crippen LogP contribution >= 0.6 is 0 Å². The van der Waals surface area contributed by atoms with E-state index < -0.39 is 0 Å². The van der Waals surface area contributed by atoms with E-state index in [0.717, 1.165) is 22.0 Å². The van der Waals surface area contributed by atoms with Crippen LogP contribution in [0.3, 0.4) is 0 Å². The summed E-state index contributed by atoms with van der Waals surface area (Å²) < 4.78 is 15.4. The molecule has 2 aromatic carbocycles. The summed E-state index contributed by atoms with van der Waals surface area (Å²) in [5.41, 5.74) is 3.15. The van der Waals surface area contributed by atoms with E-state index in [4.69, 9.17) is 0 Å². The van der Waals surface area contributed by atoms with Gasteiger partial charge in [0.1, 0.15) is 0 Å². The number of fused-ring (bicyclic) bond motifs is 1. The first-order valence-electron chi connectivity index (χ1n) is 6.44. The first-order valence-corrected chi connectivity index (χ1v) is 6.44. The van der Waals surface area contributed by atoms with Crippen LogP contribution < -0.4 is 4.57 Å². The Kier molecular flexibility index (Phi) is 4.36. The predicted octanol–water partition coefficient (Wildman–Crippen LogP) is 4.06. The zero-order chi connectivity index (χ0) is 14.3. The van der Waals surface area contributed by atoms with Gasteiger partial charge in [-0.15, -0.1) is 17.7 Å². The van der Waals surface area contributed by atoms with Crippen molar-refractivity contribution in [1.82, 2.24) is 0 Å². The topological polar surface area (TPSA) is 3.88 Å². The summed E-state index contributed by atoms with van der Waals surface area (Å²) in [6.45, 7) is 5.73. The molecule has 0 spiro atoms. The zero-order valence-corrected chi connectivity index (χ0v) is 14.1. The van der Waals surface area contributed by atoms with Gasteiger partial charge in [-0.2, -0.15) is 12.5 Å². The van der Waals surface area contributed by atoms with Crippen LogP contribution in [0.5, 0.6) is 0 Å². The smallest absolute Gasteiger partial charge is 0.0707 e. The fourth-order valence-corrected chi connectivity index (χ4v) is 2.50. The maximum absolute atomic E-state index is 13.6. The molecule has 21 heavy (non-hydrogen) atoms. The molecule has 3 aromatic rings. The van der Waals surface area contributed by atoms with Crippen LogP contribution in [-0.2, 0) is 20.1 Å². The average Bonchev–Trinajstić information content (AvgIpc) is 2.43. The molecule has 1 aromatic heterocycles. The van der Waals surface area contributed by atoms with Gasteiger partial charge in [-0.1, -0.05) is 24.3 Å². The van der Waals surface area contributed by atoms with E-state index >= 15 is 0 Å². The summed E-state index contributed by atoms with van der Waals surface area (Å²) >= 11 is 0. The van der Waals surface area contributed by atoms with Crippen molar-refractivity contribution in [2.45, 2.75) is 6.92 Å². The molecule has 0 bridgehead atoms. The van der Waals surface area contributed by atoms with Crippen molar-refractivity contribution >= 4 is 10.8 Å². The van der Waals surface area contributed by atoms with Gasteiger partial charge in [0.15, 0.2) is 0 Å². The Bertz CT molecular complexity index is 812. The molecule has 0 N–H and O–H groups in total. The number of aromatic nitrogens is 1. The first kappa shape index (κ1) is 15.6. The molecular formula is C18H15FIrN-. The maximum Gasteiger partial charge on any atom is 0.0707 e. The number of aryl methyl sites for hydroxylation is 1. The van der Waals surface area contributed by atoms with Crippen LogP contribution in [0.4, 0.5) is 4.39 Å². The minimum atomic E-state index is -0.227. The largest absolute Gasteiger partial charge is 0.343 e. The Hall–Kier alpha value is -1.83. The second-order valence-corrected chi connectivity index (χ2v) is 4.98. The number of halogens is 1. The van der Waals surface area contributed by atoms with Crippen molar-refractivity contribution in [3.63, 3.8) is 0 Å². The summed E-state index contributed by atoms with van der Waals surface area (Å²) in [5.74, 6) is -0.227. The minimum absolute atomic E-state index is 0. The molecule has 0 saturated carbocycles. The monoisotopic (exact) mass is 457 g/mol. The van der Waals surface area contributed by atoms with E-state index in [1.165, 1.54) is 6.07 Å².